The summed E-state index contributed by atoms with van der Waals surface area (Å²) in [5, 5.41) is 22.6. The van der Waals surface area contributed by atoms with Crippen LogP contribution < -0.4 is 37.6 Å². The van der Waals surface area contributed by atoms with Crippen LogP contribution >= 0.6 is 12.6 Å². The van der Waals surface area contributed by atoms with Gasteiger partial charge in [-0.1, -0.05) is 0 Å². The number of thiol groups is 1. The van der Waals surface area contributed by atoms with E-state index in [2.05, 4.69) is 54.5 Å². The lowest BCUT2D eigenvalue weighted by Gasteiger charge is -2.14. The van der Waals surface area contributed by atoms with Crippen molar-refractivity contribution in [3.05, 3.63) is 18.2 Å². The highest BCUT2D eigenvalue weighted by Crippen LogP contribution is 1.98. The molecule has 6 amide bonds. The van der Waals surface area contributed by atoms with Gasteiger partial charge in [-0.25, -0.2) is 9.78 Å². The third-order valence-corrected chi connectivity index (χ3v) is 4.75. The summed E-state index contributed by atoms with van der Waals surface area (Å²) in [6.07, 6.45) is 2.73. The first-order valence-electron chi connectivity index (χ1n) is 10.7. The van der Waals surface area contributed by atoms with Crippen LogP contribution in [0.1, 0.15) is 5.69 Å². The summed E-state index contributed by atoms with van der Waals surface area (Å²) >= 11 is 3.85. The van der Waals surface area contributed by atoms with Gasteiger partial charge in [-0.2, -0.15) is 12.6 Å². The van der Waals surface area contributed by atoms with Crippen LogP contribution in [0, 0.1) is 0 Å². The zero-order chi connectivity index (χ0) is 27.8. The zero-order valence-electron chi connectivity index (χ0n) is 19.5. The van der Waals surface area contributed by atoms with Crippen LogP contribution in [0.15, 0.2) is 12.5 Å². The Labute approximate surface area is 215 Å². The van der Waals surface area contributed by atoms with Crippen molar-refractivity contribution in [3.8, 4) is 0 Å². The van der Waals surface area contributed by atoms with Crippen LogP contribution in [0.3, 0.4) is 0 Å². The number of hydrogen-bond acceptors (Lipinski definition) is 10. The number of nitrogens with one attached hydrogen (secondary N) is 7. The van der Waals surface area contributed by atoms with Crippen molar-refractivity contribution in [2.75, 3.05) is 38.5 Å². The predicted octanol–water partition coefficient (Wildman–Crippen LogP) is -5.64. The highest BCUT2D eigenvalue weighted by atomic mass is 32.1. The number of carbonyl (C=O) groups is 7. The molecule has 17 nitrogen and oxygen atoms in total. The number of amides is 6. The van der Waals surface area contributed by atoms with Crippen molar-refractivity contribution in [2.24, 2.45) is 5.73 Å². The Kier molecular flexibility index (Phi) is 13.7. The molecule has 0 aliphatic heterocycles. The van der Waals surface area contributed by atoms with Crippen LogP contribution in [0.5, 0.6) is 0 Å². The first-order valence-corrected chi connectivity index (χ1v) is 11.3. The van der Waals surface area contributed by atoms with E-state index in [4.69, 9.17) is 5.73 Å². The molecular weight excluding hydrogens is 514 g/mol. The number of rotatable bonds is 16. The van der Waals surface area contributed by atoms with Gasteiger partial charge >= 0.3 is 5.97 Å². The number of carbonyl (C=O) groups excluding carboxylic acids is 6. The maximum Gasteiger partial charge on any atom is 0.326 e. The lowest BCUT2D eigenvalue weighted by molar-refractivity contribution is -0.141. The van der Waals surface area contributed by atoms with Gasteiger partial charge in [0.15, 0.2) is 0 Å². The van der Waals surface area contributed by atoms with E-state index in [9.17, 15) is 38.7 Å². The van der Waals surface area contributed by atoms with Gasteiger partial charge in [0.1, 0.15) is 6.04 Å². The Balaban J connectivity index is 2.20. The molecule has 204 valence electrons. The van der Waals surface area contributed by atoms with E-state index in [-0.39, 0.29) is 12.2 Å². The van der Waals surface area contributed by atoms with E-state index in [1.807, 2.05) is 0 Å². The summed E-state index contributed by atoms with van der Waals surface area (Å²) in [7, 11) is 0. The fraction of sp³-hybridized carbons (Fsp3) is 0.474. The molecule has 0 bridgehead atoms. The highest BCUT2D eigenvalue weighted by Gasteiger charge is 2.21. The molecule has 0 radical (unpaired) electrons. The molecule has 1 aromatic heterocycles. The summed E-state index contributed by atoms with van der Waals surface area (Å²) < 4.78 is 0. The fourth-order valence-electron chi connectivity index (χ4n) is 2.41. The molecule has 1 rings (SSSR count). The molecule has 0 aromatic carbocycles. The van der Waals surface area contributed by atoms with Gasteiger partial charge in [0.05, 0.1) is 45.1 Å². The minimum atomic E-state index is -1.27. The normalized spacial score (nSPS) is 11.8. The van der Waals surface area contributed by atoms with Crippen LogP contribution in [-0.2, 0) is 40.0 Å². The zero-order valence-corrected chi connectivity index (χ0v) is 20.4. The standard InChI is InChI=1S/C19H29N9O8S/c20-11(8-37)18(34)26-6-16(32)24-4-14(30)22-3-13(29)23-5-15(31)25-7-17(33)28-12(19(35)36)1-10-2-21-9-27-10/h2,9,11-12,37H,1,3-8,20H2,(H,21,27)(H,22,30)(H,23,29)(H,24,32)(H,25,31)(H,26,34)(H,28,33)(H,35,36)/t11-,12-/m0/s1. The molecule has 0 aliphatic rings. The molecule has 10 N–H and O–H groups in total. The molecule has 0 fully saturated rings. The number of carboxylic acids is 1. The van der Waals surface area contributed by atoms with Gasteiger partial charge in [-0.3, -0.25) is 28.8 Å². The van der Waals surface area contributed by atoms with E-state index in [0.717, 1.165) is 0 Å². The molecule has 0 unspecified atom stereocenters. The SMILES string of the molecule is N[C@@H](CS)C(=O)NCC(=O)NCC(=O)NCC(=O)NCC(=O)NCC(=O)N[C@@H](Cc1cnc[nH]1)C(=O)O. The Morgan fingerprint density at radius 3 is 1.70 bits per heavy atom. The Morgan fingerprint density at radius 1 is 0.838 bits per heavy atom. The van der Waals surface area contributed by atoms with E-state index in [1.165, 1.54) is 12.5 Å². The minimum absolute atomic E-state index is 0.0395. The molecule has 0 aliphatic carbocycles. The topological polar surface area (TPSA) is 267 Å². The lowest BCUT2D eigenvalue weighted by Crippen LogP contribution is -2.49. The quantitative estimate of drug-likeness (QED) is 0.0883. The molecule has 1 heterocycles. The Hall–Kier alpha value is -4.19. The van der Waals surface area contributed by atoms with Crippen molar-refractivity contribution >= 4 is 54.0 Å². The summed E-state index contributed by atoms with van der Waals surface area (Å²) in [4.78, 5) is 88.0. The fourth-order valence-corrected chi connectivity index (χ4v) is 2.57. The molecular formula is C19H29N9O8S. The van der Waals surface area contributed by atoms with Crippen molar-refractivity contribution < 1.29 is 38.7 Å². The van der Waals surface area contributed by atoms with Crippen molar-refractivity contribution in [1.82, 2.24) is 41.9 Å². The average Bonchev–Trinajstić information content (AvgIpc) is 3.38. The number of nitrogens with two attached hydrogens (primary N) is 1. The maximum absolute atomic E-state index is 11.9. The molecule has 0 saturated heterocycles. The second-order valence-electron chi connectivity index (χ2n) is 7.35. The van der Waals surface area contributed by atoms with Crippen molar-refractivity contribution in [2.45, 2.75) is 18.5 Å². The van der Waals surface area contributed by atoms with Crippen LogP contribution in [-0.4, -0.2) is 107 Å². The van der Waals surface area contributed by atoms with E-state index < -0.39 is 86.2 Å². The summed E-state index contributed by atoms with van der Waals surface area (Å²) in [6, 6.07) is -2.12. The van der Waals surface area contributed by atoms with Gasteiger partial charge in [0.25, 0.3) is 0 Å². The number of carboxylic acid groups (broad SMARTS) is 1. The molecule has 1 aromatic rings. The molecule has 0 spiro atoms. The van der Waals surface area contributed by atoms with Gasteiger partial charge in [0, 0.05) is 24.1 Å². The van der Waals surface area contributed by atoms with E-state index >= 15 is 0 Å². The minimum Gasteiger partial charge on any atom is -0.480 e. The van der Waals surface area contributed by atoms with Gasteiger partial charge < -0.3 is 47.7 Å². The maximum atomic E-state index is 11.9. The summed E-state index contributed by atoms with van der Waals surface area (Å²) in [6.45, 7) is -2.40. The number of hydrogen-bond donors (Lipinski definition) is 10. The van der Waals surface area contributed by atoms with Crippen LogP contribution in [0.4, 0.5) is 0 Å². The summed E-state index contributed by atoms with van der Waals surface area (Å²) in [5.74, 6) is -5.34. The Morgan fingerprint density at radius 2 is 1.30 bits per heavy atom. The molecule has 37 heavy (non-hydrogen) atoms. The molecule has 18 heteroatoms. The van der Waals surface area contributed by atoms with Crippen LogP contribution in [0.2, 0.25) is 0 Å². The van der Waals surface area contributed by atoms with E-state index in [1.54, 1.807) is 0 Å². The number of nitrogens with zero attached hydrogens (tertiary/aromatic N) is 1. The second-order valence-corrected chi connectivity index (χ2v) is 7.72. The third-order valence-electron chi connectivity index (χ3n) is 4.35. The van der Waals surface area contributed by atoms with Gasteiger partial charge in [0.2, 0.25) is 35.4 Å². The third kappa shape index (κ3) is 13.5. The number of aromatic amines is 1. The first-order chi connectivity index (χ1) is 17.5. The number of aromatic nitrogens is 2. The predicted molar refractivity (Wildman–Crippen MR) is 129 cm³/mol. The molecule has 2 atom stereocenters. The van der Waals surface area contributed by atoms with Crippen molar-refractivity contribution in [1.29, 1.82) is 0 Å². The van der Waals surface area contributed by atoms with E-state index in [0.29, 0.717) is 5.69 Å². The number of H-pyrrole nitrogens is 1. The largest absolute Gasteiger partial charge is 0.480 e. The number of aliphatic carboxylic acids is 1. The van der Waals surface area contributed by atoms with Crippen LogP contribution in [0.25, 0.3) is 0 Å². The van der Waals surface area contributed by atoms with Crippen molar-refractivity contribution in [3.63, 3.8) is 0 Å². The Bertz CT molecular complexity index is 973. The van der Waals surface area contributed by atoms with Gasteiger partial charge in [-0.15, -0.1) is 0 Å². The second kappa shape index (κ2) is 16.5. The smallest absolute Gasteiger partial charge is 0.326 e. The highest BCUT2D eigenvalue weighted by molar-refractivity contribution is 7.80. The summed E-state index contributed by atoms with van der Waals surface area (Å²) in [5.41, 5.74) is 5.92. The number of imidazole rings is 1. The average molecular weight is 544 g/mol. The monoisotopic (exact) mass is 543 g/mol. The lowest BCUT2D eigenvalue weighted by atomic mass is 10.1. The van der Waals surface area contributed by atoms with Gasteiger partial charge in [-0.05, 0) is 0 Å². The molecule has 0 saturated carbocycles. The first kappa shape index (κ1) is 30.8.